The Hall–Kier alpha value is -2.16. The van der Waals surface area contributed by atoms with Crippen molar-refractivity contribution in [3.8, 4) is 0 Å². The second kappa shape index (κ2) is 7.38. The Morgan fingerprint density at radius 1 is 1.28 bits per heavy atom. The van der Waals surface area contributed by atoms with Gasteiger partial charge in [0, 0.05) is 37.7 Å². The number of piperazine rings is 1. The lowest BCUT2D eigenvalue weighted by atomic mass is 10.2. The van der Waals surface area contributed by atoms with Crippen LogP contribution in [0.4, 0.5) is 5.82 Å². The van der Waals surface area contributed by atoms with Gasteiger partial charge in [-0.3, -0.25) is 9.69 Å². The Bertz CT molecular complexity index is 802. The van der Waals surface area contributed by atoms with E-state index in [2.05, 4.69) is 15.1 Å². The highest BCUT2D eigenvalue weighted by Crippen LogP contribution is 2.26. The minimum absolute atomic E-state index is 0.114. The molecule has 0 spiro atoms. The maximum Gasteiger partial charge on any atom is 0.362 e. The van der Waals surface area contributed by atoms with Gasteiger partial charge in [-0.15, -0.1) is 5.10 Å². The number of amides is 1. The maximum absolute atomic E-state index is 12.5. The van der Waals surface area contributed by atoms with Gasteiger partial charge in [0.1, 0.15) is 0 Å². The first kappa shape index (κ1) is 17.7. The van der Waals surface area contributed by atoms with Crippen LogP contribution in [-0.2, 0) is 6.54 Å². The number of hydrogen-bond acceptors (Lipinski definition) is 5. The molecule has 1 amide bonds. The molecule has 0 aliphatic carbocycles. The highest BCUT2D eigenvalue weighted by atomic mass is 35.5. The van der Waals surface area contributed by atoms with E-state index in [1.165, 1.54) is 0 Å². The molecule has 1 aromatic carbocycles. The summed E-state index contributed by atoms with van der Waals surface area (Å²) in [7, 11) is 0. The van der Waals surface area contributed by atoms with Crippen LogP contribution in [0.3, 0.4) is 0 Å². The number of nitro groups is 1. The van der Waals surface area contributed by atoms with E-state index >= 15 is 0 Å². The number of aromatic amines is 1. The molecule has 1 fully saturated rings. The first-order valence-corrected chi connectivity index (χ1v) is 8.35. The van der Waals surface area contributed by atoms with Crippen LogP contribution < -0.4 is 0 Å². The third-order valence-electron chi connectivity index (χ3n) is 4.03. The third kappa shape index (κ3) is 3.92. The van der Waals surface area contributed by atoms with Crippen molar-refractivity contribution in [2.24, 2.45) is 0 Å². The summed E-state index contributed by atoms with van der Waals surface area (Å²) in [6, 6.07) is 7.66. The van der Waals surface area contributed by atoms with Gasteiger partial charge < -0.3 is 15.0 Å². The van der Waals surface area contributed by atoms with E-state index in [0.717, 1.165) is 12.1 Å². The van der Waals surface area contributed by atoms with E-state index in [0.29, 0.717) is 31.2 Å². The average molecular weight is 384 g/mol. The molecule has 0 atom stereocenters. The second-order valence-corrected chi connectivity index (χ2v) is 6.50. The third-order valence-corrected chi connectivity index (χ3v) is 4.62. The van der Waals surface area contributed by atoms with Crippen LogP contribution in [0.1, 0.15) is 16.1 Å². The van der Waals surface area contributed by atoms with E-state index in [4.69, 9.17) is 23.2 Å². The average Bonchev–Trinajstić information content (AvgIpc) is 2.97. The quantitative estimate of drug-likeness (QED) is 0.646. The smallest absolute Gasteiger partial charge is 0.358 e. The number of nitrogens with zero attached hydrogens (tertiary/aromatic N) is 4. The fraction of sp³-hybridized carbons (Fsp3) is 0.333. The SMILES string of the molecule is O=C(c1n[nH]c([N+](=O)[O-])c1Cl)N1CCN(Cc2cccc(Cl)c2)CC1. The predicted octanol–water partition coefficient (Wildman–Crippen LogP) is 2.58. The molecule has 1 saturated heterocycles. The number of aromatic nitrogens is 2. The van der Waals surface area contributed by atoms with Gasteiger partial charge in [-0.25, -0.2) is 0 Å². The van der Waals surface area contributed by atoms with Crippen LogP contribution in [0.5, 0.6) is 0 Å². The zero-order chi connectivity index (χ0) is 18.0. The summed E-state index contributed by atoms with van der Waals surface area (Å²) < 4.78 is 0. The topological polar surface area (TPSA) is 95.4 Å². The molecule has 1 aliphatic rings. The molecule has 132 valence electrons. The van der Waals surface area contributed by atoms with Gasteiger partial charge >= 0.3 is 5.82 Å². The van der Waals surface area contributed by atoms with Crippen molar-refractivity contribution in [1.82, 2.24) is 20.0 Å². The molecule has 25 heavy (non-hydrogen) atoms. The minimum atomic E-state index is -0.699. The minimum Gasteiger partial charge on any atom is -0.358 e. The van der Waals surface area contributed by atoms with Crippen molar-refractivity contribution >= 4 is 34.9 Å². The van der Waals surface area contributed by atoms with Crippen LogP contribution in [0.25, 0.3) is 0 Å². The Balaban J connectivity index is 1.60. The Kier molecular flexibility index (Phi) is 5.22. The number of rotatable bonds is 4. The lowest BCUT2D eigenvalue weighted by Crippen LogP contribution is -2.48. The summed E-state index contributed by atoms with van der Waals surface area (Å²) in [5.74, 6) is -0.874. The van der Waals surface area contributed by atoms with Crippen LogP contribution in [-0.4, -0.2) is 57.0 Å². The summed E-state index contributed by atoms with van der Waals surface area (Å²) in [4.78, 5) is 26.4. The van der Waals surface area contributed by atoms with Crippen molar-refractivity contribution in [3.63, 3.8) is 0 Å². The Morgan fingerprint density at radius 3 is 2.60 bits per heavy atom. The number of carbonyl (C=O) groups is 1. The van der Waals surface area contributed by atoms with Crippen LogP contribution >= 0.6 is 23.2 Å². The highest BCUT2D eigenvalue weighted by molar-refractivity contribution is 6.35. The lowest BCUT2D eigenvalue weighted by Gasteiger charge is -2.34. The molecule has 2 aromatic rings. The summed E-state index contributed by atoms with van der Waals surface area (Å²) in [5.41, 5.74) is 0.995. The monoisotopic (exact) mass is 383 g/mol. The summed E-state index contributed by atoms with van der Waals surface area (Å²) in [6.07, 6.45) is 0. The van der Waals surface area contributed by atoms with Gasteiger partial charge in [0.15, 0.2) is 10.7 Å². The number of hydrogen-bond donors (Lipinski definition) is 1. The number of H-pyrrole nitrogens is 1. The van der Waals surface area contributed by atoms with E-state index < -0.39 is 16.6 Å². The zero-order valence-electron chi connectivity index (χ0n) is 13.1. The number of nitrogens with one attached hydrogen (secondary N) is 1. The molecule has 0 unspecified atom stereocenters. The van der Waals surface area contributed by atoms with Crippen molar-refractivity contribution < 1.29 is 9.72 Å². The van der Waals surface area contributed by atoms with Gasteiger partial charge in [0.2, 0.25) is 0 Å². The van der Waals surface area contributed by atoms with Crippen LogP contribution in [0, 0.1) is 10.1 Å². The van der Waals surface area contributed by atoms with Crippen LogP contribution in [0.2, 0.25) is 10.0 Å². The number of carbonyl (C=O) groups excluding carboxylic acids is 1. The molecule has 2 heterocycles. The predicted molar refractivity (Wildman–Crippen MR) is 92.9 cm³/mol. The van der Waals surface area contributed by atoms with Gasteiger partial charge in [0.05, 0.1) is 0 Å². The Labute approximate surface area is 153 Å². The maximum atomic E-state index is 12.5. The summed E-state index contributed by atoms with van der Waals surface area (Å²) in [5, 5.41) is 17.1. The van der Waals surface area contributed by atoms with Crippen LogP contribution in [0.15, 0.2) is 24.3 Å². The largest absolute Gasteiger partial charge is 0.362 e. The number of benzene rings is 1. The molecule has 0 saturated carbocycles. The van der Waals surface area contributed by atoms with Crippen molar-refractivity contribution in [1.29, 1.82) is 0 Å². The summed E-state index contributed by atoms with van der Waals surface area (Å²) in [6.45, 7) is 3.11. The molecule has 1 aromatic heterocycles. The fourth-order valence-corrected chi connectivity index (χ4v) is 3.18. The van der Waals surface area contributed by atoms with Gasteiger partial charge in [0.25, 0.3) is 5.91 Å². The fourth-order valence-electron chi connectivity index (χ4n) is 2.73. The normalized spacial score (nSPS) is 15.4. The lowest BCUT2D eigenvalue weighted by molar-refractivity contribution is -0.389. The first-order chi connectivity index (χ1) is 12.0. The molecular weight excluding hydrogens is 369 g/mol. The molecule has 0 radical (unpaired) electrons. The zero-order valence-corrected chi connectivity index (χ0v) is 14.6. The second-order valence-electron chi connectivity index (χ2n) is 5.69. The molecule has 1 aliphatic heterocycles. The van der Waals surface area contributed by atoms with Crippen molar-refractivity contribution in [2.45, 2.75) is 6.54 Å². The number of halogens is 2. The Morgan fingerprint density at radius 2 is 2.00 bits per heavy atom. The first-order valence-electron chi connectivity index (χ1n) is 7.60. The highest BCUT2D eigenvalue weighted by Gasteiger charge is 2.30. The van der Waals surface area contributed by atoms with E-state index in [9.17, 15) is 14.9 Å². The molecule has 10 heteroatoms. The van der Waals surface area contributed by atoms with E-state index in [1.54, 1.807) is 4.90 Å². The van der Waals surface area contributed by atoms with Crippen molar-refractivity contribution in [2.75, 3.05) is 26.2 Å². The molecule has 1 N–H and O–H groups in total. The van der Waals surface area contributed by atoms with Crippen molar-refractivity contribution in [3.05, 3.63) is 55.7 Å². The summed E-state index contributed by atoms with van der Waals surface area (Å²) >= 11 is 11.9. The molecule has 3 rings (SSSR count). The van der Waals surface area contributed by atoms with Gasteiger partial charge in [-0.05, 0) is 22.6 Å². The molecular formula is C15H15Cl2N5O3. The van der Waals surface area contributed by atoms with E-state index in [1.807, 2.05) is 24.3 Å². The van der Waals surface area contributed by atoms with E-state index in [-0.39, 0.29) is 10.7 Å². The standard InChI is InChI=1S/C15H15Cl2N5O3/c16-11-3-1-2-10(8-11)9-20-4-6-21(7-5-20)15(23)13-12(17)14(19-18-13)22(24)25/h1-3,8H,4-7,9H2,(H,18,19). The molecule has 8 nitrogen and oxygen atoms in total. The molecule has 0 bridgehead atoms. The van der Waals surface area contributed by atoms with Gasteiger partial charge in [-0.1, -0.05) is 40.4 Å². The van der Waals surface area contributed by atoms with Gasteiger partial charge in [-0.2, -0.15) is 0 Å².